The van der Waals surface area contributed by atoms with Gasteiger partial charge in [-0.25, -0.2) is 0 Å². The first-order valence-electron chi connectivity index (χ1n) is 17.3. The van der Waals surface area contributed by atoms with Crippen LogP contribution in [0.3, 0.4) is 0 Å². The first kappa shape index (κ1) is 35.6. The first-order chi connectivity index (χ1) is 22.2. The van der Waals surface area contributed by atoms with Gasteiger partial charge in [-0.05, 0) is 129 Å². The summed E-state index contributed by atoms with van der Waals surface area (Å²) in [4.78, 5) is 2.39. The monoisotopic (exact) mass is 653 g/mol. The highest BCUT2D eigenvalue weighted by molar-refractivity contribution is 7.39. The third-order valence-corrected chi connectivity index (χ3v) is 12.1. The van der Waals surface area contributed by atoms with E-state index in [0.29, 0.717) is 5.92 Å². The van der Waals surface area contributed by atoms with Crippen LogP contribution in [0.4, 0.5) is 17.1 Å². The number of anilines is 3. The molecular weight excluding hydrogens is 597 g/mol. The first-order valence-corrected chi connectivity index (χ1v) is 18.8. The van der Waals surface area contributed by atoms with Crippen LogP contribution in [0, 0.1) is 0 Å². The van der Waals surface area contributed by atoms with Crippen LogP contribution < -0.4 is 4.90 Å². The Morgan fingerprint density at radius 2 is 1.04 bits per heavy atom. The van der Waals surface area contributed by atoms with Crippen LogP contribution in [0.15, 0.2) is 109 Å². The molecule has 2 heteroatoms. The maximum atomic E-state index is 2.48. The SMILES string of the molecule is C.CCC(C)c1ccc(N(c2ccc(-c3ccc4c(c3)C(C)(PC)c3cc(C(C)(C)C)ccc3-4)cc2)c2ccc(C(C)(C)C)cc2)cc1. The van der Waals surface area contributed by atoms with Crippen LogP contribution in [-0.4, -0.2) is 6.66 Å². The topological polar surface area (TPSA) is 3.24 Å². The molecule has 0 spiro atoms. The Bertz CT molecular complexity index is 1870. The zero-order valence-corrected chi connectivity index (χ0v) is 31.1. The molecule has 250 valence electrons. The maximum absolute atomic E-state index is 2.48. The summed E-state index contributed by atoms with van der Waals surface area (Å²) in [5.74, 6) is 0.554. The number of rotatable bonds is 7. The van der Waals surface area contributed by atoms with Gasteiger partial charge in [0.15, 0.2) is 0 Å². The lowest BCUT2D eigenvalue weighted by Gasteiger charge is -2.28. The van der Waals surface area contributed by atoms with Gasteiger partial charge in [-0.1, -0.05) is 130 Å². The molecule has 0 saturated heterocycles. The van der Waals surface area contributed by atoms with Crippen molar-refractivity contribution in [2.75, 3.05) is 11.6 Å². The summed E-state index contributed by atoms with van der Waals surface area (Å²) in [5, 5.41) is 0.0271. The van der Waals surface area contributed by atoms with Crippen molar-refractivity contribution in [3.05, 3.63) is 137 Å². The van der Waals surface area contributed by atoms with Crippen molar-refractivity contribution in [1.29, 1.82) is 0 Å². The minimum Gasteiger partial charge on any atom is -0.311 e. The standard InChI is InChI=1S/C45H52NP.CH4/c1-11-30(2)31-12-20-36(21-13-31)46(38-24-17-34(18-25-38)43(3,4)5)37-22-14-32(15-23-37)33-16-26-39-40-27-19-35(44(6,7)8)29-42(40)45(9,47-10)41(39)28-33;/h12-30,47H,11H2,1-10H3;1H4. The highest BCUT2D eigenvalue weighted by Gasteiger charge is 2.39. The van der Waals surface area contributed by atoms with Crippen molar-refractivity contribution in [3.8, 4) is 22.3 Å². The number of benzene rings is 5. The van der Waals surface area contributed by atoms with E-state index in [2.05, 4.69) is 183 Å². The molecule has 1 aliphatic carbocycles. The predicted octanol–water partition coefficient (Wildman–Crippen LogP) is 14.1. The highest BCUT2D eigenvalue weighted by atomic mass is 31.1. The second kappa shape index (κ2) is 13.3. The molecule has 3 unspecified atom stereocenters. The fourth-order valence-electron chi connectivity index (χ4n) is 6.99. The van der Waals surface area contributed by atoms with Gasteiger partial charge in [-0.2, -0.15) is 0 Å². The van der Waals surface area contributed by atoms with Gasteiger partial charge in [0, 0.05) is 22.2 Å². The molecule has 6 rings (SSSR count). The molecule has 1 nitrogen and oxygen atoms in total. The molecule has 0 N–H and O–H groups in total. The normalized spacial score (nSPS) is 16.4. The van der Waals surface area contributed by atoms with Gasteiger partial charge in [0.25, 0.3) is 0 Å². The summed E-state index contributed by atoms with van der Waals surface area (Å²) in [6.07, 6.45) is 1.14. The molecular formula is C46H56NP. The number of hydrogen-bond acceptors (Lipinski definition) is 1. The Morgan fingerprint density at radius 3 is 1.54 bits per heavy atom. The molecule has 48 heavy (non-hydrogen) atoms. The van der Waals surface area contributed by atoms with Crippen molar-refractivity contribution in [3.63, 3.8) is 0 Å². The Kier molecular flexibility index (Phi) is 9.89. The Labute approximate surface area is 293 Å². The third-order valence-electron chi connectivity index (χ3n) is 10.6. The second-order valence-corrected chi connectivity index (χ2v) is 17.2. The summed E-state index contributed by atoms with van der Waals surface area (Å²) < 4.78 is 0. The molecule has 0 bridgehead atoms. The van der Waals surface area contributed by atoms with Crippen LogP contribution in [0.2, 0.25) is 0 Å². The molecule has 0 amide bonds. The minimum absolute atomic E-state index is 0. The Balaban J connectivity index is 0.00000451. The van der Waals surface area contributed by atoms with E-state index in [1.807, 2.05) is 0 Å². The van der Waals surface area contributed by atoms with Crippen molar-refractivity contribution in [2.24, 2.45) is 0 Å². The van der Waals surface area contributed by atoms with E-state index in [9.17, 15) is 0 Å². The van der Waals surface area contributed by atoms with Crippen LogP contribution in [0.25, 0.3) is 22.3 Å². The van der Waals surface area contributed by atoms with Crippen LogP contribution in [0.1, 0.15) is 110 Å². The summed E-state index contributed by atoms with van der Waals surface area (Å²) >= 11 is 0. The Hall–Kier alpha value is -3.67. The van der Waals surface area contributed by atoms with E-state index in [0.717, 1.165) is 20.7 Å². The van der Waals surface area contributed by atoms with Crippen LogP contribution in [-0.2, 0) is 16.0 Å². The average Bonchev–Trinajstić information content (AvgIpc) is 3.32. The number of fused-ring (bicyclic) bond motifs is 3. The summed E-state index contributed by atoms with van der Waals surface area (Å²) in [5.41, 5.74) is 16.2. The highest BCUT2D eigenvalue weighted by Crippen LogP contribution is 2.57. The van der Waals surface area contributed by atoms with Crippen LogP contribution >= 0.6 is 8.58 Å². The van der Waals surface area contributed by atoms with E-state index in [1.54, 1.807) is 0 Å². The molecule has 3 atom stereocenters. The van der Waals surface area contributed by atoms with E-state index in [1.165, 1.54) is 61.4 Å². The lowest BCUT2D eigenvalue weighted by atomic mass is 9.84. The molecule has 1 aliphatic rings. The smallest absolute Gasteiger partial charge is 0.0462 e. The Morgan fingerprint density at radius 1 is 0.604 bits per heavy atom. The van der Waals surface area contributed by atoms with Crippen molar-refractivity contribution in [1.82, 2.24) is 0 Å². The summed E-state index contributed by atoms with van der Waals surface area (Å²) in [6, 6.07) is 41.8. The predicted molar refractivity (Wildman–Crippen MR) is 216 cm³/mol. The molecule has 0 aliphatic heterocycles. The van der Waals surface area contributed by atoms with Gasteiger partial charge in [0.05, 0.1) is 0 Å². The zero-order valence-electron chi connectivity index (χ0n) is 30.1. The zero-order chi connectivity index (χ0) is 33.7. The molecule has 0 saturated carbocycles. The second-order valence-electron chi connectivity index (χ2n) is 15.7. The summed E-state index contributed by atoms with van der Waals surface area (Å²) in [6.45, 7) is 23.1. The number of nitrogens with zero attached hydrogens (tertiary/aromatic N) is 1. The van der Waals surface area contributed by atoms with Crippen molar-refractivity contribution < 1.29 is 0 Å². The quantitative estimate of drug-likeness (QED) is 0.158. The van der Waals surface area contributed by atoms with Gasteiger partial charge < -0.3 is 4.90 Å². The largest absolute Gasteiger partial charge is 0.311 e. The van der Waals surface area contributed by atoms with Gasteiger partial charge in [-0.15, -0.1) is 8.58 Å². The lowest BCUT2D eigenvalue weighted by Crippen LogP contribution is -2.16. The van der Waals surface area contributed by atoms with E-state index >= 15 is 0 Å². The fraction of sp³-hybridized carbons (Fsp3) is 0.348. The summed E-state index contributed by atoms with van der Waals surface area (Å²) in [7, 11) is 0.780. The van der Waals surface area contributed by atoms with E-state index in [-0.39, 0.29) is 23.4 Å². The maximum Gasteiger partial charge on any atom is 0.0462 e. The third kappa shape index (κ3) is 6.52. The molecule has 0 fully saturated rings. The van der Waals surface area contributed by atoms with Gasteiger partial charge in [0.2, 0.25) is 0 Å². The average molecular weight is 654 g/mol. The van der Waals surface area contributed by atoms with Gasteiger partial charge in [0.1, 0.15) is 0 Å². The lowest BCUT2D eigenvalue weighted by molar-refractivity contribution is 0.588. The molecule has 0 radical (unpaired) electrons. The van der Waals surface area contributed by atoms with Gasteiger partial charge in [-0.3, -0.25) is 0 Å². The molecule has 0 heterocycles. The number of hydrogen-bond donors (Lipinski definition) is 0. The van der Waals surface area contributed by atoms with E-state index in [4.69, 9.17) is 0 Å². The van der Waals surface area contributed by atoms with Crippen LogP contribution in [0.5, 0.6) is 0 Å². The van der Waals surface area contributed by atoms with Crippen molar-refractivity contribution >= 4 is 25.6 Å². The molecule has 5 aromatic carbocycles. The molecule has 5 aromatic rings. The van der Waals surface area contributed by atoms with E-state index < -0.39 is 0 Å². The fourth-order valence-corrected chi connectivity index (χ4v) is 7.95. The molecule has 0 aromatic heterocycles. The van der Waals surface area contributed by atoms with Gasteiger partial charge >= 0.3 is 0 Å². The van der Waals surface area contributed by atoms with Crippen molar-refractivity contribution in [2.45, 2.75) is 98.1 Å². The minimum atomic E-state index is 0.